The summed E-state index contributed by atoms with van der Waals surface area (Å²) in [4.78, 5) is 16.9. The Balaban J connectivity index is 0.000000217. The average molecular weight is 887 g/mol. The summed E-state index contributed by atoms with van der Waals surface area (Å²) in [6.07, 6.45) is 19.3. The molecule has 2 aromatic carbocycles. The molecule has 0 aliphatic carbocycles. The van der Waals surface area contributed by atoms with Crippen molar-refractivity contribution in [2.45, 2.75) is 168 Å². The number of aromatic nitrogens is 5. The van der Waals surface area contributed by atoms with Crippen LogP contribution in [0.1, 0.15) is 163 Å². The Morgan fingerprint density at radius 2 is 1.20 bits per heavy atom. The smallest absolute Gasteiger partial charge is 0.161 e. The summed E-state index contributed by atoms with van der Waals surface area (Å²) in [5.41, 5.74) is 11.5. The van der Waals surface area contributed by atoms with E-state index in [1.807, 2.05) is 50.9 Å². The predicted octanol–water partition coefficient (Wildman–Crippen LogP) is 14.9. The summed E-state index contributed by atoms with van der Waals surface area (Å²) in [6.45, 7) is 40.1. The first kappa shape index (κ1) is 54.5. The van der Waals surface area contributed by atoms with Crippen LogP contribution in [0.4, 0.5) is 0 Å². The van der Waals surface area contributed by atoms with Gasteiger partial charge in [0.2, 0.25) is 0 Å². The van der Waals surface area contributed by atoms with Crippen molar-refractivity contribution in [2.75, 3.05) is 19.8 Å². The van der Waals surface area contributed by atoms with Crippen molar-refractivity contribution in [3.63, 3.8) is 0 Å². The van der Waals surface area contributed by atoms with Crippen LogP contribution in [0.3, 0.4) is 0 Å². The van der Waals surface area contributed by atoms with Crippen molar-refractivity contribution < 1.29 is 9.47 Å². The second-order valence-electron chi connectivity index (χ2n) is 23.6. The molecule has 7 rings (SSSR count). The van der Waals surface area contributed by atoms with E-state index in [1.165, 1.54) is 40.5 Å². The molecular weight excluding hydrogens is 801 g/mol. The first-order valence-corrected chi connectivity index (χ1v) is 23.8. The van der Waals surface area contributed by atoms with Crippen LogP contribution in [0, 0.1) is 35.5 Å². The Kier molecular flexibility index (Phi) is 20.6. The molecule has 3 aromatic heterocycles. The van der Waals surface area contributed by atoms with Gasteiger partial charge in [0.15, 0.2) is 11.5 Å². The van der Waals surface area contributed by atoms with Crippen molar-refractivity contribution in [1.29, 1.82) is 0 Å². The Bertz CT molecular complexity index is 2140. The zero-order valence-corrected chi connectivity index (χ0v) is 43.7. The fourth-order valence-corrected chi connectivity index (χ4v) is 6.73. The number of fused-ring (bicyclic) bond motifs is 2. The van der Waals surface area contributed by atoms with Crippen LogP contribution >= 0.6 is 0 Å². The number of ether oxygens (including phenoxy) is 2. The van der Waals surface area contributed by atoms with Crippen molar-refractivity contribution in [2.24, 2.45) is 26.7 Å². The highest BCUT2D eigenvalue weighted by Gasteiger charge is 2.17. The molecule has 5 aromatic rings. The zero-order valence-electron chi connectivity index (χ0n) is 43.7. The van der Waals surface area contributed by atoms with Gasteiger partial charge in [0, 0.05) is 42.3 Å². The molecule has 0 amide bonds. The molecule has 1 N–H and O–H groups in total. The van der Waals surface area contributed by atoms with Gasteiger partial charge in [-0.3, -0.25) is 25.0 Å². The molecule has 356 valence electrons. The average Bonchev–Trinajstić information content (AvgIpc) is 3.83. The number of hydrogen-bond acceptors (Lipinski definition) is 7. The summed E-state index contributed by atoms with van der Waals surface area (Å²) < 4.78 is 11.3. The summed E-state index contributed by atoms with van der Waals surface area (Å²) >= 11 is 0. The number of rotatable bonds is 6. The third-order valence-corrected chi connectivity index (χ3v) is 10.4. The summed E-state index contributed by atoms with van der Waals surface area (Å²) in [5, 5.41) is 8.16. The van der Waals surface area contributed by atoms with Crippen molar-refractivity contribution in [1.82, 2.24) is 25.1 Å². The van der Waals surface area contributed by atoms with E-state index in [0.717, 1.165) is 86.0 Å². The number of nitrogens with zero attached hydrogens (tertiary/aromatic N) is 5. The third kappa shape index (κ3) is 23.8. The Morgan fingerprint density at radius 1 is 0.569 bits per heavy atom. The van der Waals surface area contributed by atoms with Crippen LogP contribution < -0.4 is 9.47 Å². The maximum Gasteiger partial charge on any atom is 0.161 e. The van der Waals surface area contributed by atoms with Crippen molar-refractivity contribution >= 4 is 17.1 Å². The number of pyridine rings is 1. The number of allylic oxidation sites excluding steroid dienone is 1. The van der Waals surface area contributed by atoms with Gasteiger partial charge in [0.1, 0.15) is 0 Å². The molecule has 0 saturated carbocycles. The third-order valence-electron chi connectivity index (χ3n) is 10.4. The van der Waals surface area contributed by atoms with E-state index in [4.69, 9.17) is 9.47 Å². The van der Waals surface area contributed by atoms with Gasteiger partial charge in [-0.25, -0.2) is 0 Å². The number of aliphatic imine (C=N–C) groups is 1. The number of benzene rings is 2. The van der Waals surface area contributed by atoms with Crippen LogP contribution in [0.5, 0.6) is 11.5 Å². The monoisotopic (exact) mass is 887 g/mol. The van der Waals surface area contributed by atoms with Crippen molar-refractivity contribution in [3.8, 4) is 11.5 Å². The van der Waals surface area contributed by atoms with Gasteiger partial charge in [-0.2, -0.15) is 5.10 Å². The summed E-state index contributed by atoms with van der Waals surface area (Å²) in [7, 11) is 0. The molecule has 0 saturated heterocycles. The quantitative estimate of drug-likeness (QED) is 0.182. The first-order chi connectivity index (χ1) is 30.1. The van der Waals surface area contributed by atoms with Gasteiger partial charge in [0.25, 0.3) is 0 Å². The molecule has 8 heteroatoms. The van der Waals surface area contributed by atoms with E-state index in [0.29, 0.717) is 21.7 Å². The lowest BCUT2D eigenvalue weighted by molar-refractivity contribution is 0.297. The highest BCUT2D eigenvalue weighted by atomic mass is 16.5. The van der Waals surface area contributed by atoms with Crippen LogP contribution in [-0.4, -0.2) is 51.1 Å². The topological polar surface area (TPSA) is 98.2 Å². The zero-order chi connectivity index (χ0) is 48.5. The van der Waals surface area contributed by atoms with E-state index in [-0.39, 0.29) is 5.41 Å². The summed E-state index contributed by atoms with van der Waals surface area (Å²) in [5.74, 6) is 1.79. The van der Waals surface area contributed by atoms with Gasteiger partial charge >= 0.3 is 0 Å². The number of aryl methyl sites for hydroxylation is 4. The molecule has 0 radical (unpaired) electrons. The molecular formula is C57H86N6O2. The largest absolute Gasteiger partial charge is 0.490 e. The fraction of sp³-hybridized carbons (Fsp3) is 0.561. The van der Waals surface area contributed by atoms with E-state index in [2.05, 4.69) is 183 Å². The minimum atomic E-state index is 0.208. The second kappa shape index (κ2) is 24.6. The number of hydrogen-bond donors (Lipinski definition) is 1. The van der Waals surface area contributed by atoms with Gasteiger partial charge < -0.3 is 9.47 Å². The molecule has 8 nitrogen and oxygen atoms in total. The number of nitrogens with one attached hydrogen (secondary N) is 1. The molecule has 0 unspecified atom stereocenters. The van der Waals surface area contributed by atoms with Gasteiger partial charge in [-0.15, -0.1) is 0 Å². The summed E-state index contributed by atoms with van der Waals surface area (Å²) in [6, 6.07) is 17.0. The number of H-pyrrole nitrogens is 1. The van der Waals surface area contributed by atoms with Crippen LogP contribution in [-0.2, 0) is 24.7 Å². The van der Waals surface area contributed by atoms with E-state index < -0.39 is 0 Å². The molecule has 0 bridgehead atoms. The van der Waals surface area contributed by atoms with Gasteiger partial charge in [0.05, 0.1) is 42.9 Å². The highest BCUT2D eigenvalue weighted by Crippen LogP contribution is 2.33. The normalized spacial score (nSPS) is 13.7. The van der Waals surface area contributed by atoms with E-state index in [9.17, 15) is 0 Å². The number of aromatic amines is 1. The SMILES string of the molecule is CC(C)(C)CC1=CC=NC1.CC(C)(C)Cc1ccc2c(c1)OCCCO2.CC(C)(C)c1ccc2cn[nH]c2c1.Cc1ccc(CCC(C)(C)C)cn1.Cc1cnc(CCC(C)(C)C)cn1. The molecule has 0 spiro atoms. The second-order valence-corrected chi connectivity index (χ2v) is 23.6. The highest BCUT2D eigenvalue weighted by molar-refractivity contribution is 5.78. The Labute approximate surface area is 395 Å². The molecule has 0 fully saturated rings. The molecule has 2 aliphatic heterocycles. The fourth-order valence-electron chi connectivity index (χ4n) is 6.73. The maximum atomic E-state index is 5.68. The van der Waals surface area contributed by atoms with E-state index in [1.54, 1.807) is 0 Å². The minimum absolute atomic E-state index is 0.208. The molecule has 0 atom stereocenters. The van der Waals surface area contributed by atoms with Crippen LogP contribution in [0.15, 0.2) is 90.0 Å². The lowest BCUT2D eigenvalue weighted by Crippen LogP contribution is -2.10. The maximum absolute atomic E-state index is 5.68. The Morgan fingerprint density at radius 3 is 1.75 bits per heavy atom. The van der Waals surface area contributed by atoms with Crippen LogP contribution in [0.2, 0.25) is 0 Å². The molecule has 2 aliphatic rings. The van der Waals surface area contributed by atoms with E-state index >= 15 is 0 Å². The van der Waals surface area contributed by atoms with Crippen LogP contribution in [0.25, 0.3) is 10.9 Å². The Hall–Kier alpha value is -4.85. The minimum Gasteiger partial charge on any atom is -0.490 e. The van der Waals surface area contributed by atoms with Crippen molar-refractivity contribution in [3.05, 3.63) is 119 Å². The first-order valence-electron chi connectivity index (χ1n) is 23.8. The predicted molar refractivity (Wildman–Crippen MR) is 277 cm³/mol. The van der Waals surface area contributed by atoms with Gasteiger partial charge in [-0.1, -0.05) is 128 Å². The lowest BCUT2D eigenvalue weighted by atomic mass is 9.87. The van der Waals surface area contributed by atoms with Gasteiger partial charge in [-0.05, 0) is 132 Å². The lowest BCUT2D eigenvalue weighted by Gasteiger charge is -2.19. The molecule has 65 heavy (non-hydrogen) atoms. The standard InChI is InChI=1S/C14H20O2.C12H19N.C11H14N2.C11H18N2.C9H15N/c1-14(2,3)10-11-5-6-12-13(9-11)16-8-4-7-15-12;1-10-5-6-11(9-13-10)7-8-12(2,3)4;1-11(2,3)9-5-4-8-7-12-13-10(8)6-9;1-9-7-13-10(8-12-9)5-6-11(2,3)4;1-9(2,3)6-8-4-5-10-7-8/h5-6,9H,4,7-8,10H2,1-3H3;5-6,9H,7-8H2,1-4H3;4-7H,1-3H3,(H,12,13);7-8H,5-6H2,1-4H3;4-5H,6-7H2,1-3H3. The molecule has 5 heterocycles.